The summed E-state index contributed by atoms with van der Waals surface area (Å²) in [4.78, 5) is 34.2. The van der Waals surface area contributed by atoms with Crippen LogP contribution in [0.5, 0.6) is 5.88 Å². The Kier molecular flexibility index (Phi) is 10.6. The number of methoxy groups -OCH3 is 1. The van der Waals surface area contributed by atoms with Crippen molar-refractivity contribution in [1.29, 1.82) is 0 Å². The molecule has 6 rings (SSSR count). The number of aliphatic hydroxyl groups is 1. The summed E-state index contributed by atoms with van der Waals surface area (Å²) in [6.45, 7) is 5.41. The number of ether oxygens (including phenoxy) is 1. The first-order valence-corrected chi connectivity index (χ1v) is 16.9. The molecule has 49 heavy (non-hydrogen) atoms. The molecular formula is C37H38Cl2N6O4. The Morgan fingerprint density at radius 1 is 0.980 bits per heavy atom. The molecule has 0 saturated carbocycles. The second-order valence-corrected chi connectivity index (χ2v) is 13.0. The van der Waals surface area contributed by atoms with E-state index in [0.717, 1.165) is 39.8 Å². The number of benzene rings is 2. The number of carbonyl (C=O) groups is 1. The van der Waals surface area contributed by atoms with E-state index in [-0.39, 0.29) is 17.5 Å². The van der Waals surface area contributed by atoms with Gasteiger partial charge in [0.2, 0.25) is 11.8 Å². The smallest absolute Gasteiger partial charge is 0.261 e. The van der Waals surface area contributed by atoms with E-state index in [0.29, 0.717) is 71.1 Å². The standard InChI is InChI=1S/C37H38Cl2N6O4/c1-21(46)17-40-20-31-22(2)37(48)45-15-14-23(16-32(45)43-31)26-6-4-7-27(34(26)38)28-8-5-9-29(35(28)39)30-12-10-24(36(44-30)49-3)18-41-19-25-11-13-33(47)42-25/h4-10,12,14-16,21,25,40-41,46H,11,13,17-20H2,1-3H3,(H,42,47)/t21?,25-/m1/s1. The van der Waals surface area contributed by atoms with E-state index in [1.165, 1.54) is 4.40 Å². The van der Waals surface area contributed by atoms with E-state index >= 15 is 0 Å². The third kappa shape index (κ3) is 7.49. The first-order valence-electron chi connectivity index (χ1n) is 16.2. The summed E-state index contributed by atoms with van der Waals surface area (Å²) in [5.41, 5.74) is 6.84. The molecule has 0 bridgehead atoms. The quantitative estimate of drug-likeness (QED) is 0.133. The summed E-state index contributed by atoms with van der Waals surface area (Å²) in [6, 6.07) is 19.2. The third-order valence-electron chi connectivity index (χ3n) is 8.69. The fraction of sp³-hybridized carbons (Fsp3) is 0.297. The van der Waals surface area contributed by atoms with E-state index in [4.69, 9.17) is 37.9 Å². The maximum absolute atomic E-state index is 13.1. The molecule has 4 heterocycles. The molecule has 12 heteroatoms. The van der Waals surface area contributed by atoms with E-state index in [1.54, 1.807) is 27.2 Å². The van der Waals surface area contributed by atoms with Crippen molar-refractivity contribution in [2.45, 2.75) is 51.9 Å². The first kappa shape index (κ1) is 34.5. The molecule has 1 fully saturated rings. The van der Waals surface area contributed by atoms with Gasteiger partial charge in [0.05, 0.1) is 34.6 Å². The Hall–Kier alpha value is -4.32. The SMILES string of the molecule is COc1nc(-c2cccc(-c3cccc(-c4ccn5c(=O)c(C)c(CNCC(C)O)nc5c4)c3Cl)c2Cl)ccc1CNC[C@H]1CCC(=O)N1. The fourth-order valence-electron chi connectivity index (χ4n) is 6.05. The highest BCUT2D eigenvalue weighted by Gasteiger charge is 2.21. The minimum atomic E-state index is -0.510. The molecule has 0 spiro atoms. The van der Waals surface area contributed by atoms with Gasteiger partial charge in [0, 0.05) is 78.2 Å². The van der Waals surface area contributed by atoms with Gasteiger partial charge in [0.1, 0.15) is 5.65 Å². The number of nitrogens with zero attached hydrogens (tertiary/aromatic N) is 3. The second-order valence-electron chi connectivity index (χ2n) is 12.2. The number of nitrogens with one attached hydrogen (secondary N) is 3. The Labute approximate surface area is 294 Å². The van der Waals surface area contributed by atoms with Crippen molar-refractivity contribution in [3.05, 3.63) is 104 Å². The summed E-state index contributed by atoms with van der Waals surface area (Å²) < 4.78 is 7.16. The average molecular weight is 702 g/mol. The number of halogens is 2. The van der Waals surface area contributed by atoms with Crippen LogP contribution in [0.1, 0.15) is 36.6 Å². The predicted octanol–water partition coefficient (Wildman–Crippen LogP) is 5.55. The molecular weight excluding hydrogens is 663 g/mol. The first-order chi connectivity index (χ1) is 23.6. The van der Waals surface area contributed by atoms with Crippen LogP contribution in [0, 0.1) is 6.92 Å². The average Bonchev–Trinajstić information content (AvgIpc) is 3.51. The van der Waals surface area contributed by atoms with Crippen LogP contribution in [-0.4, -0.2) is 57.7 Å². The van der Waals surface area contributed by atoms with Crippen LogP contribution in [0.25, 0.3) is 39.2 Å². The lowest BCUT2D eigenvalue weighted by Crippen LogP contribution is -2.35. The normalized spacial score (nSPS) is 15.1. The number of hydrogen-bond acceptors (Lipinski definition) is 8. The van der Waals surface area contributed by atoms with Crippen molar-refractivity contribution in [3.8, 4) is 39.4 Å². The summed E-state index contributed by atoms with van der Waals surface area (Å²) in [6.07, 6.45) is 2.59. The zero-order chi connectivity index (χ0) is 34.7. The maximum atomic E-state index is 13.1. The zero-order valence-corrected chi connectivity index (χ0v) is 29.0. The van der Waals surface area contributed by atoms with Crippen molar-refractivity contribution < 1.29 is 14.6 Å². The van der Waals surface area contributed by atoms with Gasteiger partial charge in [0.25, 0.3) is 5.56 Å². The van der Waals surface area contributed by atoms with E-state index in [1.807, 2.05) is 60.7 Å². The van der Waals surface area contributed by atoms with Crippen LogP contribution in [-0.2, 0) is 17.9 Å². The van der Waals surface area contributed by atoms with Gasteiger partial charge < -0.3 is 25.8 Å². The largest absolute Gasteiger partial charge is 0.481 e. The van der Waals surface area contributed by atoms with Crippen molar-refractivity contribution in [2.24, 2.45) is 0 Å². The topological polar surface area (TPSA) is 130 Å². The molecule has 2 aromatic carbocycles. The molecule has 4 N–H and O–H groups in total. The molecule has 254 valence electrons. The fourth-order valence-corrected chi connectivity index (χ4v) is 6.72. The van der Waals surface area contributed by atoms with Crippen molar-refractivity contribution in [1.82, 2.24) is 30.3 Å². The van der Waals surface area contributed by atoms with Gasteiger partial charge in [-0.15, -0.1) is 0 Å². The third-order valence-corrected chi connectivity index (χ3v) is 9.50. The van der Waals surface area contributed by atoms with E-state index in [2.05, 4.69) is 16.0 Å². The lowest BCUT2D eigenvalue weighted by molar-refractivity contribution is -0.119. The van der Waals surface area contributed by atoms with Gasteiger partial charge in [-0.05, 0) is 44.0 Å². The van der Waals surface area contributed by atoms with Crippen LogP contribution in [0.4, 0.5) is 0 Å². The van der Waals surface area contributed by atoms with E-state index in [9.17, 15) is 14.7 Å². The number of aromatic nitrogens is 3. The highest BCUT2D eigenvalue weighted by molar-refractivity contribution is 6.39. The summed E-state index contributed by atoms with van der Waals surface area (Å²) >= 11 is 14.2. The minimum absolute atomic E-state index is 0.0921. The molecule has 1 unspecified atom stereocenters. The molecule has 1 saturated heterocycles. The minimum Gasteiger partial charge on any atom is -0.481 e. The number of carbonyl (C=O) groups excluding carboxylic acids is 1. The molecule has 1 amide bonds. The molecule has 1 aliphatic heterocycles. The molecule has 0 radical (unpaired) electrons. The van der Waals surface area contributed by atoms with Crippen molar-refractivity contribution >= 4 is 34.8 Å². The summed E-state index contributed by atoms with van der Waals surface area (Å²) in [5, 5.41) is 20.1. The molecule has 1 aliphatic rings. The Morgan fingerprint density at radius 2 is 1.69 bits per heavy atom. The van der Waals surface area contributed by atoms with Crippen LogP contribution in [0.2, 0.25) is 10.0 Å². The van der Waals surface area contributed by atoms with Gasteiger partial charge in [0.15, 0.2) is 0 Å². The summed E-state index contributed by atoms with van der Waals surface area (Å²) in [5.74, 6) is 0.581. The Balaban J connectivity index is 1.28. The van der Waals surface area contributed by atoms with Crippen LogP contribution in [0.15, 0.2) is 71.7 Å². The molecule has 0 aliphatic carbocycles. The number of rotatable bonds is 12. The number of fused-ring (bicyclic) bond motifs is 1. The van der Waals surface area contributed by atoms with Gasteiger partial charge in [-0.1, -0.05) is 65.7 Å². The second kappa shape index (κ2) is 15.1. The zero-order valence-electron chi connectivity index (χ0n) is 27.5. The molecule has 10 nitrogen and oxygen atoms in total. The van der Waals surface area contributed by atoms with Crippen LogP contribution in [0.3, 0.4) is 0 Å². The number of aliphatic hydroxyl groups excluding tert-OH is 1. The Morgan fingerprint density at radius 3 is 2.39 bits per heavy atom. The maximum Gasteiger partial charge on any atom is 0.261 e. The van der Waals surface area contributed by atoms with Gasteiger partial charge in [-0.2, -0.15) is 0 Å². The van der Waals surface area contributed by atoms with Crippen LogP contribution < -0.4 is 26.2 Å². The Bertz CT molecular complexity index is 2080. The lowest BCUT2D eigenvalue weighted by Gasteiger charge is -2.16. The van der Waals surface area contributed by atoms with E-state index < -0.39 is 6.10 Å². The predicted molar refractivity (Wildman–Crippen MR) is 193 cm³/mol. The van der Waals surface area contributed by atoms with Crippen molar-refractivity contribution in [3.63, 3.8) is 0 Å². The lowest BCUT2D eigenvalue weighted by atomic mass is 9.97. The highest BCUT2D eigenvalue weighted by Crippen LogP contribution is 2.42. The monoisotopic (exact) mass is 700 g/mol. The summed E-state index contributed by atoms with van der Waals surface area (Å²) in [7, 11) is 1.59. The van der Waals surface area contributed by atoms with Gasteiger partial charge in [-0.3, -0.25) is 14.0 Å². The number of hydrogen-bond donors (Lipinski definition) is 4. The highest BCUT2D eigenvalue weighted by atomic mass is 35.5. The van der Waals surface area contributed by atoms with Crippen LogP contribution >= 0.6 is 23.2 Å². The molecule has 2 atom stereocenters. The molecule has 3 aromatic heterocycles. The van der Waals surface area contributed by atoms with Gasteiger partial charge >= 0.3 is 0 Å². The number of pyridine rings is 2. The molecule has 5 aromatic rings. The van der Waals surface area contributed by atoms with Crippen molar-refractivity contribution in [2.75, 3.05) is 20.2 Å². The van der Waals surface area contributed by atoms with Gasteiger partial charge in [-0.25, -0.2) is 9.97 Å². The number of amides is 1.